The van der Waals surface area contributed by atoms with Gasteiger partial charge in [-0.2, -0.15) is 0 Å². The molecule has 0 saturated carbocycles. The van der Waals surface area contributed by atoms with E-state index in [0.29, 0.717) is 33.7 Å². The molecule has 1 fully saturated rings. The number of rotatable bonds is 9. The minimum Gasteiger partial charge on any atom is -0.490 e. The Kier molecular flexibility index (Phi) is 8.73. The quantitative estimate of drug-likeness (QED) is 0.298. The number of nitrogens with zero attached hydrogens (tertiary/aromatic N) is 1. The van der Waals surface area contributed by atoms with E-state index in [1.165, 1.54) is 19.1 Å². The van der Waals surface area contributed by atoms with Gasteiger partial charge >= 0.3 is 5.97 Å². The van der Waals surface area contributed by atoms with E-state index in [1.54, 1.807) is 37.3 Å². The van der Waals surface area contributed by atoms with Crippen LogP contribution >= 0.6 is 27.7 Å². The van der Waals surface area contributed by atoms with Gasteiger partial charge in [0.2, 0.25) is 0 Å². The fourth-order valence-electron chi connectivity index (χ4n) is 3.19. The van der Waals surface area contributed by atoms with Gasteiger partial charge in [0.25, 0.3) is 11.1 Å². The van der Waals surface area contributed by atoms with Crippen molar-refractivity contribution >= 4 is 50.9 Å². The van der Waals surface area contributed by atoms with Gasteiger partial charge in [0.15, 0.2) is 11.5 Å². The number of imide groups is 1. The zero-order valence-corrected chi connectivity index (χ0v) is 21.2. The minimum absolute atomic E-state index is 0.125. The molecule has 0 bridgehead atoms. The summed E-state index contributed by atoms with van der Waals surface area (Å²) < 4.78 is 30.5. The molecule has 34 heavy (non-hydrogen) atoms. The number of amides is 2. The van der Waals surface area contributed by atoms with Crippen LogP contribution in [0, 0.1) is 5.82 Å². The van der Waals surface area contributed by atoms with Gasteiger partial charge < -0.3 is 14.2 Å². The molecule has 3 rings (SSSR count). The number of esters is 1. The maximum atomic E-state index is 13.5. The Morgan fingerprint density at radius 2 is 1.94 bits per heavy atom. The Morgan fingerprint density at radius 1 is 1.18 bits per heavy atom. The molecule has 10 heteroatoms. The molecule has 0 radical (unpaired) electrons. The standard InChI is InChI=1S/C24H23BrFNO6S/c1-4-31-19-11-16(10-18(25)21(19)33-13-15-7-6-8-17(26)9-15)12-20-22(28)27(24(30)34-20)14(3)23(29)32-5-2/h6-12,14H,4-5,13H2,1-3H3/b20-12+/t14-/m0/s1. The SMILES string of the molecule is CCOC(=O)[C@H](C)N1C(=O)S/C(=C/c2cc(Br)c(OCc3cccc(F)c3)c(OCC)c2)C1=O. The first-order valence-electron chi connectivity index (χ1n) is 10.5. The summed E-state index contributed by atoms with van der Waals surface area (Å²) in [5.41, 5.74) is 1.24. The first-order chi connectivity index (χ1) is 16.2. The van der Waals surface area contributed by atoms with Crippen LogP contribution in [0.15, 0.2) is 45.8 Å². The van der Waals surface area contributed by atoms with E-state index in [-0.39, 0.29) is 23.9 Å². The van der Waals surface area contributed by atoms with E-state index < -0.39 is 23.2 Å². The summed E-state index contributed by atoms with van der Waals surface area (Å²) in [6.07, 6.45) is 1.55. The molecule has 180 valence electrons. The predicted octanol–water partition coefficient (Wildman–Crippen LogP) is 5.55. The van der Waals surface area contributed by atoms with Gasteiger partial charge in [-0.1, -0.05) is 12.1 Å². The number of hydrogen-bond acceptors (Lipinski definition) is 7. The molecule has 0 spiro atoms. The predicted molar refractivity (Wildman–Crippen MR) is 130 cm³/mol. The molecule has 0 aliphatic carbocycles. The summed E-state index contributed by atoms with van der Waals surface area (Å²) in [7, 11) is 0. The van der Waals surface area contributed by atoms with Gasteiger partial charge in [0, 0.05) is 0 Å². The Hall–Kier alpha value is -2.85. The van der Waals surface area contributed by atoms with Crippen LogP contribution in [-0.4, -0.2) is 41.3 Å². The van der Waals surface area contributed by atoms with E-state index >= 15 is 0 Å². The lowest BCUT2D eigenvalue weighted by molar-refractivity contribution is -0.150. The van der Waals surface area contributed by atoms with Crippen molar-refractivity contribution in [2.24, 2.45) is 0 Å². The molecule has 0 N–H and O–H groups in total. The molecular weight excluding hydrogens is 529 g/mol. The van der Waals surface area contributed by atoms with Gasteiger partial charge in [-0.15, -0.1) is 0 Å². The third kappa shape index (κ3) is 5.98. The second-order valence-corrected chi connectivity index (χ2v) is 9.01. The summed E-state index contributed by atoms with van der Waals surface area (Å²) in [6, 6.07) is 8.46. The average molecular weight is 552 g/mol. The normalized spacial score (nSPS) is 15.6. The first-order valence-corrected chi connectivity index (χ1v) is 12.1. The van der Waals surface area contributed by atoms with E-state index in [2.05, 4.69) is 15.9 Å². The van der Waals surface area contributed by atoms with Crippen LogP contribution in [0.3, 0.4) is 0 Å². The van der Waals surface area contributed by atoms with Crippen molar-refractivity contribution in [2.45, 2.75) is 33.4 Å². The second-order valence-electron chi connectivity index (χ2n) is 7.16. The lowest BCUT2D eigenvalue weighted by Gasteiger charge is -2.19. The molecule has 2 aromatic rings. The van der Waals surface area contributed by atoms with Crippen molar-refractivity contribution in [3.8, 4) is 11.5 Å². The maximum absolute atomic E-state index is 13.5. The number of carbonyl (C=O) groups is 3. The molecule has 1 heterocycles. The number of benzene rings is 2. The molecule has 2 amide bonds. The lowest BCUT2D eigenvalue weighted by atomic mass is 10.1. The van der Waals surface area contributed by atoms with E-state index in [0.717, 1.165) is 16.7 Å². The van der Waals surface area contributed by atoms with Crippen LogP contribution in [0.4, 0.5) is 9.18 Å². The highest BCUT2D eigenvalue weighted by Gasteiger charge is 2.41. The molecule has 0 unspecified atom stereocenters. The number of carbonyl (C=O) groups excluding carboxylic acids is 3. The Balaban J connectivity index is 1.85. The van der Waals surface area contributed by atoms with Crippen molar-refractivity contribution in [2.75, 3.05) is 13.2 Å². The zero-order valence-electron chi connectivity index (χ0n) is 18.8. The maximum Gasteiger partial charge on any atom is 0.329 e. The largest absolute Gasteiger partial charge is 0.490 e. The number of halogens is 2. The molecule has 1 aliphatic heterocycles. The van der Waals surface area contributed by atoms with Gasteiger partial charge in [-0.05, 0) is 89.9 Å². The first kappa shape index (κ1) is 25.8. The van der Waals surface area contributed by atoms with Crippen LogP contribution in [-0.2, 0) is 20.9 Å². The molecule has 0 aromatic heterocycles. The average Bonchev–Trinajstić information content (AvgIpc) is 3.05. The van der Waals surface area contributed by atoms with E-state index in [4.69, 9.17) is 14.2 Å². The molecule has 1 aliphatic rings. The zero-order chi connectivity index (χ0) is 24.8. The van der Waals surface area contributed by atoms with Crippen molar-refractivity contribution in [3.05, 3.63) is 62.7 Å². The topological polar surface area (TPSA) is 82.1 Å². The van der Waals surface area contributed by atoms with Crippen LogP contribution < -0.4 is 9.47 Å². The lowest BCUT2D eigenvalue weighted by Crippen LogP contribution is -2.42. The minimum atomic E-state index is -1.03. The molecule has 2 aromatic carbocycles. The van der Waals surface area contributed by atoms with E-state index in [9.17, 15) is 18.8 Å². The van der Waals surface area contributed by atoms with E-state index in [1.807, 2.05) is 6.92 Å². The van der Waals surface area contributed by atoms with Gasteiger partial charge in [-0.3, -0.25) is 14.5 Å². The Bertz CT molecular complexity index is 1140. The fourth-order valence-corrected chi connectivity index (χ4v) is 4.67. The molecule has 7 nitrogen and oxygen atoms in total. The second kappa shape index (κ2) is 11.5. The van der Waals surface area contributed by atoms with Crippen molar-refractivity contribution in [3.63, 3.8) is 0 Å². The van der Waals surface area contributed by atoms with Gasteiger partial charge in [0.1, 0.15) is 18.5 Å². The van der Waals surface area contributed by atoms with Crippen molar-refractivity contribution in [1.29, 1.82) is 0 Å². The Labute approximate surface area is 209 Å². The van der Waals surface area contributed by atoms with Crippen LogP contribution in [0.1, 0.15) is 31.9 Å². The van der Waals surface area contributed by atoms with Gasteiger partial charge in [-0.25, -0.2) is 9.18 Å². The monoisotopic (exact) mass is 551 g/mol. The Morgan fingerprint density at radius 3 is 2.62 bits per heavy atom. The highest BCUT2D eigenvalue weighted by atomic mass is 79.9. The summed E-state index contributed by atoms with van der Waals surface area (Å²) in [5, 5.41) is -0.545. The van der Waals surface area contributed by atoms with Crippen LogP contribution in [0.25, 0.3) is 6.08 Å². The highest BCUT2D eigenvalue weighted by molar-refractivity contribution is 9.10. The summed E-state index contributed by atoms with van der Waals surface area (Å²) in [4.78, 5) is 38.3. The van der Waals surface area contributed by atoms with Crippen LogP contribution in [0.5, 0.6) is 11.5 Å². The molecule has 1 atom stereocenters. The summed E-state index contributed by atoms with van der Waals surface area (Å²) in [5.74, 6) is -0.735. The third-order valence-corrected chi connectivity index (χ3v) is 6.21. The van der Waals surface area contributed by atoms with Crippen molar-refractivity contribution < 1.29 is 33.0 Å². The fraction of sp³-hybridized carbons (Fsp3) is 0.292. The summed E-state index contributed by atoms with van der Waals surface area (Å²) in [6.45, 7) is 5.56. The summed E-state index contributed by atoms with van der Waals surface area (Å²) >= 11 is 4.21. The molecular formula is C24H23BrFNO6S. The number of hydrogen-bond donors (Lipinski definition) is 0. The number of ether oxygens (including phenoxy) is 3. The van der Waals surface area contributed by atoms with Crippen molar-refractivity contribution in [1.82, 2.24) is 4.90 Å². The number of thioether (sulfide) groups is 1. The molecule has 1 saturated heterocycles. The highest BCUT2D eigenvalue weighted by Crippen LogP contribution is 2.40. The van der Waals surface area contributed by atoms with Crippen LogP contribution in [0.2, 0.25) is 0 Å². The smallest absolute Gasteiger partial charge is 0.329 e. The third-order valence-electron chi connectivity index (χ3n) is 4.74. The van der Waals surface area contributed by atoms with Gasteiger partial charge in [0.05, 0.1) is 22.6 Å².